The van der Waals surface area contributed by atoms with Crippen LogP contribution in [-0.2, 0) is 12.8 Å². The summed E-state index contributed by atoms with van der Waals surface area (Å²) in [4.78, 5) is 0. The van der Waals surface area contributed by atoms with Gasteiger partial charge in [0, 0.05) is 6.04 Å². The molecule has 2 unspecified atom stereocenters. The summed E-state index contributed by atoms with van der Waals surface area (Å²) in [7, 11) is 1.75. The van der Waals surface area contributed by atoms with Crippen molar-refractivity contribution in [2.24, 2.45) is 5.92 Å². The van der Waals surface area contributed by atoms with Crippen LogP contribution < -0.4 is 10.1 Å². The largest absolute Gasteiger partial charge is 0.497 e. The van der Waals surface area contributed by atoms with Crippen molar-refractivity contribution in [3.8, 4) is 5.75 Å². The van der Waals surface area contributed by atoms with Crippen LogP contribution in [0.2, 0.25) is 0 Å². The Hall–Kier alpha value is -1.54. The van der Waals surface area contributed by atoms with Crippen LogP contribution in [-0.4, -0.2) is 19.7 Å². The van der Waals surface area contributed by atoms with Crippen LogP contribution in [0.25, 0.3) is 0 Å². The van der Waals surface area contributed by atoms with Crippen molar-refractivity contribution in [2.45, 2.75) is 72.3 Å². The van der Waals surface area contributed by atoms with Crippen LogP contribution >= 0.6 is 0 Å². The first-order valence-electron chi connectivity index (χ1n) is 10.2. The maximum atomic E-state index is 5.36. The van der Waals surface area contributed by atoms with E-state index in [-0.39, 0.29) is 0 Å². The van der Waals surface area contributed by atoms with E-state index in [9.17, 15) is 0 Å². The molecule has 0 fully saturated rings. The number of allylic oxidation sites excluding steroid dienone is 2. The molecule has 1 aromatic rings. The molecular weight excluding hydrogens is 318 g/mol. The van der Waals surface area contributed by atoms with Crippen molar-refractivity contribution in [3.05, 3.63) is 54.6 Å². The number of benzene rings is 1. The molecule has 0 saturated carbocycles. The van der Waals surface area contributed by atoms with E-state index >= 15 is 0 Å². The van der Waals surface area contributed by atoms with Crippen molar-refractivity contribution in [2.75, 3.05) is 13.7 Å². The monoisotopic (exact) mass is 359 g/mol. The molecule has 1 N–H and O–H groups in total. The maximum absolute atomic E-state index is 5.36. The third-order valence-corrected chi connectivity index (χ3v) is 4.56. The van der Waals surface area contributed by atoms with Crippen molar-refractivity contribution in [1.29, 1.82) is 0 Å². The molecule has 1 aliphatic carbocycles. The number of rotatable bonds is 6. The molecule has 1 aromatic carbocycles. The highest BCUT2D eigenvalue weighted by Crippen LogP contribution is 2.24. The summed E-state index contributed by atoms with van der Waals surface area (Å²) in [5.41, 5.74) is 2.96. The fourth-order valence-electron chi connectivity index (χ4n) is 3.04. The van der Waals surface area contributed by atoms with Crippen LogP contribution in [0.4, 0.5) is 0 Å². The molecule has 2 nitrogen and oxygen atoms in total. The molecule has 148 valence electrons. The van der Waals surface area contributed by atoms with Gasteiger partial charge in [-0.1, -0.05) is 45.4 Å². The Labute approximate surface area is 162 Å². The topological polar surface area (TPSA) is 21.3 Å². The number of nitrogens with one attached hydrogen (secondary N) is 1. The number of hydrogen-bond acceptors (Lipinski definition) is 2. The van der Waals surface area contributed by atoms with Gasteiger partial charge in [0.2, 0.25) is 0 Å². The Bertz CT molecular complexity index is 495. The van der Waals surface area contributed by atoms with E-state index in [0.717, 1.165) is 18.7 Å². The van der Waals surface area contributed by atoms with Crippen LogP contribution in [0.1, 0.15) is 64.5 Å². The van der Waals surface area contributed by atoms with Crippen molar-refractivity contribution in [3.63, 3.8) is 0 Å². The van der Waals surface area contributed by atoms with E-state index in [1.165, 1.54) is 43.2 Å². The summed E-state index contributed by atoms with van der Waals surface area (Å²) in [6.07, 6.45) is 11.2. The molecule has 2 heteroatoms. The Morgan fingerprint density at radius 3 is 2.54 bits per heavy atom. The van der Waals surface area contributed by atoms with Crippen molar-refractivity contribution in [1.82, 2.24) is 5.32 Å². The summed E-state index contributed by atoms with van der Waals surface area (Å²) < 4.78 is 5.36. The molecule has 0 spiro atoms. The lowest BCUT2D eigenvalue weighted by molar-refractivity contribution is 0.411. The Balaban J connectivity index is 0.00000113. The molecule has 0 heterocycles. The standard InChI is InChI=1S/C19H29NO.C3H6.C2H6/c1-4-15(2)11-12-20-18-8-6-5-7-16-14-19(21-3)10-9-17(16)13-18;1-3-2;1-2/h4,9-10,14-15,18,20H,1,5-8,11-13H2,2-3H3;3H,1H2,2H3;1-2H3. The summed E-state index contributed by atoms with van der Waals surface area (Å²) in [5, 5.41) is 3.75. The predicted octanol–water partition coefficient (Wildman–Crippen LogP) is 6.35. The lowest BCUT2D eigenvalue weighted by atomic mass is 9.90. The van der Waals surface area contributed by atoms with E-state index in [4.69, 9.17) is 4.74 Å². The minimum absolute atomic E-state index is 0.600. The third-order valence-electron chi connectivity index (χ3n) is 4.56. The zero-order chi connectivity index (χ0) is 19.8. The Morgan fingerprint density at radius 2 is 1.92 bits per heavy atom. The molecule has 1 aliphatic rings. The summed E-state index contributed by atoms with van der Waals surface area (Å²) >= 11 is 0. The molecule has 2 rings (SSSR count). The highest BCUT2D eigenvalue weighted by Gasteiger charge is 2.15. The Kier molecular flexibility index (Phi) is 14.8. The summed E-state index contributed by atoms with van der Waals surface area (Å²) in [5.74, 6) is 1.58. The fourth-order valence-corrected chi connectivity index (χ4v) is 3.04. The highest BCUT2D eigenvalue weighted by molar-refractivity contribution is 5.36. The van der Waals surface area contributed by atoms with Gasteiger partial charge in [0.15, 0.2) is 0 Å². The van der Waals surface area contributed by atoms with Crippen LogP contribution in [0.5, 0.6) is 5.75 Å². The maximum Gasteiger partial charge on any atom is 0.119 e. The number of methoxy groups -OCH3 is 1. The Morgan fingerprint density at radius 1 is 1.23 bits per heavy atom. The van der Waals surface area contributed by atoms with Crippen LogP contribution in [0.3, 0.4) is 0 Å². The molecule has 0 bridgehead atoms. The highest BCUT2D eigenvalue weighted by atomic mass is 16.5. The summed E-state index contributed by atoms with van der Waals surface area (Å²) in [6, 6.07) is 7.17. The minimum Gasteiger partial charge on any atom is -0.497 e. The van der Waals surface area contributed by atoms with Gasteiger partial charge in [0.05, 0.1) is 7.11 Å². The van der Waals surface area contributed by atoms with E-state index < -0.39 is 0 Å². The second-order valence-corrected chi connectivity index (χ2v) is 6.65. The van der Waals surface area contributed by atoms with E-state index in [0.29, 0.717) is 12.0 Å². The lowest BCUT2D eigenvalue weighted by Gasteiger charge is -2.24. The van der Waals surface area contributed by atoms with Gasteiger partial charge in [-0.15, -0.1) is 13.2 Å². The van der Waals surface area contributed by atoms with Gasteiger partial charge in [0.25, 0.3) is 0 Å². The molecule has 0 saturated heterocycles. The zero-order valence-electron chi connectivity index (χ0n) is 17.8. The third kappa shape index (κ3) is 9.82. The van der Waals surface area contributed by atoms with Gasteiger partial charge in [-0.3, -0.25) is 0 Å². The average Bonchev–Trinajstić information content (AvgIpc) is 2.65. The van der Waals surface area contributed by atoms with Gasteiger partial charge in [-0.25, -0.2) is 0 Å². The number of aryl methyl sites for hydroxylation is 1. The second kappa shape index (κ2) is 15.7. The van der Waals surface area contributed by atoms with Gasteiger partial charge in [-0.2, -0.15) is 0 Å². The van der Waals surface area contributed by atoms with Gasteiger partial charge in [0.1, 0.15) is 5.75 Å². The van der Waals surface area contributed by atoms with E-state index in [1.807, 2.05) is 26.8 Å². The lowest BCUT2D eigenvalue weighted by Crippen LogP contribution is -2.33. The van der Waals surface area contributed by atoms with E-state index in [1.54, 1.807) is 13.2 Å². The molecule has 0 aromatic heterocycles. The molecule has 0 aliphatic heterocycles. The number of ether oxygens (including phenoxy) is 1. The molecule has 2 atom stereocenters. The molecule has 26 heavy (non-hydrogen) atoms. The average molecular weight is 360 g/mol. The first-order chi connectivity index (χ1) is 12.6. The smallest absolute Gasteiger partial charge is 0.119 e. The van der Waals surface area contributed by atoms with Gasteiger partial charge < -0.3 is 10.1 Å². The second-order valence-electron chi connectivity index (χ2n) is 6.65. The summed E-state index contributed by atoms with van der Waals surface area (Å²) in [6.45, 7) is 16.4. The minimum atomic E-state index is 0.600. The number of fused-ring (bicyclic) bond motifs is 1. The zero-order valence-corrected chi connectivity index (χ0v) is 17.8. The SMILES string of the molecule is C=CC.C=CC(C)CCNC1CCCCc2cc(OC)ccc2C1.CC. The first kappa shape index (κ1) is 24.5. The molecule has 0 radical (unpaired) electrons. The molecular formula is C24H41NO. The van der Waals surface area contributed by atoms with E-state index in [2.05, 4.69) is 43.6 Å². The fraction of sp³-hybridized carbons (Fsp3) is 0.583. The molecule has 0 amide bonds. The van der Waals surface area contributed by atoms with Crippen molar-refractivity contribution >= 4 is 0 Å². The van der Waals surface area contributed by atoms with Gasteiger partial charge in [-0.05, 0) is 74.8 Å². The quantitative estimate of drug-likeness (QED) is 0.597. The predicted molar refractivity (Wildman–Crippen MR) is 117 cm³/mol. The van der Waals surface area contributed by atoms with Gasteiger partial charge >= 0.3 is 0 Å². The van der Waals surface area contributed by atoms with Crippen molar-refractivity contribution < 1.29 is 4.74 Å². The first-order valence-corrected chi connectivity index (χ1v) is 10.2. The van der Waals surface area contributed by atoms with Crippen LogP contribution in [0.15, 0.2) is 43.5 Å². The normalized spacial score (nSPS) is 16.9. The number of hydrogen-bond donors (Lipinski definition) is 1. The van der Waals surface area contributed by atoms with Crippen LogP contribution in [0, 0.1) is 5.92 Å².